The van der Waals surface area contributed by atoms with Crippen LogP contribution in [0.3, 0.4) is 0 Å². The van der Waals surface area contributed by atoms with Crippen LogP contribution in [-0.2, 0) is 0 Å². The van der Waals surface area contributed by atoms with Crippen molar-refractivity contribution < 1.29 is 0 Å². The van der Waals surface area contributed by atoms with Gasteiger partial charge in [0.25, 0.3) is 0 Å². The fourth-order valence-electron chi connectivity index (χ4n) is 1.42. The highest BCUT2D eigenvalue weighted by Crippen LogP contribution is 2.14. The minimum absolute atomic E-state index is 0.973. The SMILES string of the molecule is C1=CCN(c2ccccc2)C=CC1. The van der Waals surface area contributed by atoms with E-state index in [1.54, 1.807) is 0 Å². The maximum Gasteiger partial charge on any atom is 0.0408 e. The summed E-state index contributed by atoms with van der Waals surface area (Å²) in [6, 6.07) is 10.4. The molecule has 1 heteroatoms. The molecular formula is C12H13N. The molecule has 0 radical (unpaired) electrons. The molecule has 0 saturated carbocycles. The Hall–Kier alpha value is -1.50. The number of hydrogen-bond acceptors (Lipinski definition) is 1. The van der Waals surface area contributed by atoms with Gasteiger partial charge in [-0.1, -0.05) is 36.4 Å². The first kappa shape index (κ1) is 8.11. The average molecular weight is 171 g/mol. The first-order valence-corrected chi connectivity index (χ1v) is 4.60. The number of benzene rings is 1. The van der Waals surface area contributed by atoms with E-state index in [4.69, 9.17) is 0 Å². The number of nitrogens with zero attached hydrogens (tertiary/aromatic N) is 1. The third-order valence-electron chi connectivity index (χ3n) is 2.11. The molecule has 2 rings (SSSR count). The highest BCUT2D eigenvalue weighted by Gasteiger charge is 2.00. The third kappa shape index (κ3) is 2.00. The number of hydrogen-bond donors (Lipinski definition) is 0. The van der Waals surface area contributed by atoms with Crippen molar-refractivity contribution in [3.05, 3.63) is 54.8 Å². The lowest BCUT2D eigenvalue weighted by molar-refractivity contribution is 1.09. The molecule has 0 unspecified atom stereocenters. The van der Waals surface area contributed by atoms with E-state index in [0.29, 0.717) is 0 Å². The molecule has 0 fully saturated rings. The van der Waals surface area contributed by atoms with Crippen LogP contribution >= 0.6 is 0 Å². The Labute approximate surface area is 79.0 Å². The van der Waals surface area contributed by atoms with Gasteiger partial charge in [-0.3, -0.25) is 0 Å². The Morgan fingerprint density at radius 1 is 0.923 bits per heavy atom. The van der Waals surface area contributed by atoms with E-state index < -0.39 is 0 Å². The van der Waals surface area contributed by atoms with Crippen molar-refractivity contribution in [2.24, 2.45) is 0 Å². The summed E-state index contributed by atoms with van der Waals surface area (Å²) in [5, 5.41) is 0. The van der Waals surface area contributed by atoms with Gasteiger partial charge in [-0.25, -0.2) is 0 Å². The van der Waals surface area contributed by atoms with Crippen LogP contribution in [0, 0.1) is 0 Å². The van der Waals surface area contributed by atoms with Crippen molar-refractivity contribution in [3.8, 4) is 0 Å². The topological polar surface area (TPSA) is 3.24 Å². The largest absolute Gasteiger partial charge is 0.344 e. The predicted octanol–water partition coefficient (Wildman–Crippen LogP) is 2.97. The van der Waals surface area contributed by atoms with Crippen LogP contribution in [0.4, 0.5) is 5.69 Å². The molecule has 1 aliphatic rings. The van der Waals surface area contributed by atoms with Gasteiger partial charge >= 0.3 is 0 Å². The zero-order chi connectivity index (χ0) is 8.93. The lowest BCUT2D eigenvalue weighted by Gasteiger charge is -2.17. The molecule has 1 heterocycles. The van der Waals surface area contributed by atoms with E-state index in [0.717, 1.165) is 13.0 Å². The van der Waals surface area contributed by atoms with Gasteiger partial charge in [0.05, 0.1) is 0 Å². The first-order chi connectivity index (χ1) is 6.47. The van der Waals surface area contributed by atoms with Crippen molar-refractivity contribution in [3.63, 3.8) is 0 Å². The monoisotopic (exact) mass is 171 g/mol. The third-order valence-corrected chi connectivity index (χ3v) is 2.11. The second-order valence-corrected chi connectivity index (χ2v) is 3.08. The second kappa shape index (κ2) is 3.94. The molecule has 0 aromatic heterocycles. The van der Waals surface area contributed by atoms with Crippen LogP contribution < -0.4 is 4.90 Å². The van der Waals surface area contributed by atoms with Crippen LogP contribution in [0.15, 0.2) is 54.8 Å². The molecule has 0 saturated heterocycles. The van der Waals surface area contributed by atoms with Crippen molar-refractivity contribution >= 4 is 5.69 Å². The molecular weight excluding hydrogens is 158 g/mol. The highest BCUT2D eigenvalue weighted by atomic mass is 15.1. The molecule has 1 nitrogen and oxygen atoms in total. The molecule has 0 aliphatic carbocycles. The predicted molar refractivity (Wildman–Crippen MR) is 56.7 cm³/mol. The summed E-state index contributed by atoms with van der Waals surface area (Å²) >= 11 is 0. The van der Waals surface area contributed by atoms with Crippen LogP contribution in [0.1, 0.15) is 6.42 Å². The van der Waals surface area contributed by atoms with Gasteiger partial charge < -0.3 is 4.90 Å². The lowest BCUT2D eigenvalue weighted by Crippen LogP contribution is -2.14. The Kier molecular flexibility index (Phi) is 2.46. The second-order valence-electron chi connectivity index (χ2n) is 3.08. The van der Waals surface area contributed by atoms with E-state index in [9.17, 15) is 0 Å². The molecule has 1 aliphatic heterocycles. The Morgan fingerprint density at radius 2 is 1.77 bits per heavy atom. The van der Waals surface area contributed by atoms with E-state index in [1.807, 2.05) is 6.07 Å². The summed E-state index contributed by atoms with van der Waals surface area (Å²) in [5.74, 6) is 0. The molecule has 66 valence electrons. The highest BCUT2D eigenvalue weighted by molar-refractivity contribution is 5.49. The lowest BCUT2D eigenvalue weighted by atomic mass is 10.3. The molecule has 0 spiro atoms. The van der Waals surface area contributed by atoms with Gasteiger partial charge in [-0.2, -0.15) is 0 Å². The summed E-state index contributed by atoms with van der Waals surface area (Å²) < 4.78 is 0. The smallest absolute Gasteiger partial charge is 0.0408 e. The number of rotatable bonds is 1. The van der Waals surface area contributed by atoms with Crippen molar-refractivity contribution in [1.29, 1.82) is 0 Å². The van der Waals surface area contributed by atoms with Crippen molar-refractivity contribution in [2.45, 2.75) is 6.42 Å². The van der Waals surface area contributed by atoms with Crippen molar-refractivity contribution in [1.82, 2.24) is 0 Å². The molecule has 0 N–H and O–H groups in total. The van der Waals surface area contributed by atoms with Gasteiger partial charge in [-0.15, -0.1) is 0 Å². The zero-order valence-corrected chi connectivity index (χ0v) is 7.56. The minimum Gasteiger partial charge on any atom is -0.344 e. The van der Waals surface area contributed by atoms with Crippen LogP contribution in [0.5, 0.6) is 0 Å². The molecule has 1 aromatic rings. The molecule has 0 bridgehead atoms. The summed E-state index contributed by atoms with van der Waals surface area (Å²) in [7, 11) is 0. The van der Waals surface area contributed by atoms with Crippen LogP contribution in [0.2, 0.25) is 0 Å². The van der Waals surface area contributed by atoms with Gasteiger partial charge in [0.2, 0.25) is 0 Å². The number of allylic oxidation sites excluding steroid dienone is 2. The van der Waals surface area contributed by atoms with E-state index in [1.165, 1.54) is 5.69 Å². The molecule has 13 heavy (non-hydrogen) atoms. The van der Waals surface area contributed by atoms with E-state index in [2.05, 4.69) is 53.6 Å². The fraction of sp³-hybridized carbons (Fsp3) is 0.167. The maximum absolute atomic E-state index is 2.24. The average Bonchev–Trinajstić information content (AvgIpc) is 2.47. The Bertz CT molecular complexity index is 311. The summed E-state index contributed by atoms with van der Waals surface area (Å²) in [6.45, 7) is 0.973. The quantitative estimate of drug-likeness (QED) is 0.587. The molecule has 1 aromatic carbocycles. The summed E-state index contributed by atoms with van der Waals surface area (Å²) in [5.41, 5.74) is 1.25. The normalized spacial score (nSPS) is 15.8. The van der Waals surface area contributed by atoms with Gasteiger partial charge in [0.15, 0.2) is 0 Å². The number of anilines is 1. The molecule has 0 atom stereocenters. The van der Waals surface area contributed by atoms with Gasteiger partial charge in [-0.05, 0) is 18.6 Å². The minimum atomic E-state index is 0.973. The van der Waals surface area contributed by atoms with Gasteiger partial charge in [0, 0.05) is 18.4 Å². The summed E-state index contributed by atoms with van der Waals surface area (Å²) in [6.07, 6.45) is 9.77. The van der Waals surface area contributed by atoms with Crippen LogP contribution in [0.25, 0.3) is 0 Å². The first-order valence-electron chi connectivity index (χ1n) is 4.60. The fourth-order valence-corrected chi connectivity index (χ4v) is 1.42. The van der Waals surface area contributed by atoms with Crippen LogP contribution in [-0.4, -0.2) is 6.54 Å². The molecule has 0 amide bonds. The summed E-state index contributed by atoms with van der Waals surface area (Å²) in [4.78, 5) is 2.24. The maximum atomic E-state index is 2.24. The standard InChI is InChI=1S/C12H13N/c1-2-7-11-13(10-6-1)12-8-4-3-5-9-12/h1,3-9,11H,2,10H2. The van der Waals surface area contributed by atoms with Crippen molar-refractivity contribution in [2.75, 3.05) is 11.4 Å². The number of para-hydroxylation sites is 1. The van der Waals surface area contributed by atoms with Gasteiger partial charge in [0.1, 0.15) is 0 Å². The van der Waals surface area contributed by atoms with E-state index in [-0.39, 0.29) is 0 Å². The zero-order valence-electron chi connectivity index (χ0n) is 7.56. The Balaban J connectivity index is 2.21. The van der Waals surface area contributed by atoms with E-state index >= 15 is 0 Å². The Morgan fingerprint density at radius 3 is 2.62 bits per heavy atom.